The number of nitrogen functional groups attached to an aromatic ring is 1. The first-order valence-corrected chi connectivity index (χ1v) is 8.01. The van der Waals surface area contributed by atoms with E-state index in [0.717, 1.165) is 16.7 Å². The van der Waals surface area contributed by atoms with Crippen molar-refractivity contribution in [1.82, 2.24) is 9.88 Å². The van der Waals surface area contributed by atoms with Crippen molar-refractivity contribution in [1.29, 1.82) is 0 Å². The molecule has 1 aliphatic rings. The highest BCUT2D eigenvalue weighted by atomic mass is 35.5. The van der Waals surface area contributed by atoms with Crippen LogP contribution in [0.15, 0.2) is 35.6 Å². The van der Waals surface area contributed by atoms with Crippen LogP contribution in [0.1, 0.15) is 15.9 Å². The Morgan fingerprint density at radius 3 is 2.54 bits per heavy atom. The van der Waals surface area contributed by atoms with Crippen LogP contribution in [0.4, 0.5) is 5.82 Å². The summed E-state index contributed by atoms with van der Waals surface area (Å²) in [7, 11) is 0. The summed E-state index contributed by atoms with van der Waals surface area (Å²) in [4.78, 5) is 17.2. The maximum absolute atomic E-state index is 12.5. The normalized spacial score (nSPS) is 15.5. The summed E-state index contributed by atoms with van der Waals surface area (Å²) in [6.45, 7) is 2.42. The number of halogens is 1. The summed E-state index contributed by atoms with van der Waals surface area (Å²) >= 11 is 5.76. The van der Waals surface area contributed by atoms with Gasteiger partial charge in [0.15, 0.2) is 0 Å². The van der Waals surface area contributed by atoms with Gasteiger partial charge in [0.1, 0.15) is 5.82 Å². The molecule has 5 N–H and O–H groups in total. The molecule has 0 aliphatic carbocycles. The van der Waals surface area contributed by atoms with Crippen molar-refractivity contribution in [3.05, 3.63) is 46.7 Å². The molecule has 0 unspecified atom stereocenters. The van der Waals surface area contributed by atoms with Gasteiger partial charge in [0.2, 0.25) is 0 Å². The monoisotopic (exact) mass is 346 g/mol. The van der Waals surface area contributed by atoms with E-state index >= 15 is 0 Å². The van der Waals surface area contributed by atoms with Gasteiger partial charge < -0.3 is 26.1 Å². The number of morpholine rings is 1. The van der Waals surface area contributed by atoms with E-state index in [-0.39, 0.29) is 11.1 Å². The van der Waals surface area contributed by atoms with Crippen molar-refractivity contribution >= 4 is 29.4 Å². The number of nitrogens with one attached hydrogen (secondary N) is 1. The summed E-state index contributed by atoms with van der Waals surface area (Å²) in [5, 5.41) is 0.154. The lowest BCUT2D eigenvalue weighted by atomic mass is 10.0. The van der Waals surface area contributed by atoms with Crippen molar-refractivity contribution < 1.29 is 9.53 Å². The predicted molar refractivity (Wildman–Crippen MR) is 95.4 cm³/mol. The molecular formula is C17H19ClN4O2. The Kier molecular flexibility index (Phi) is 4.78. The molecular weight excluding hydrogens is 328 g/mol. The highest BCUT2D eigenvalue weighted by molar-refractivity contribution is 6.31. The Morgan fingerprint density at radius 1 is 1.25 bits per heavy atom. The molecule has 1 aliphatic heterocycles. The predicted octanol–water partition coefficient (Wildman–Crippen LogP) is 2.23. The zero-order valence-corrected chi connectivity index (χ0v) is 13.8. The van der Waals surface area contributed by atoms with Crippen LogP contribution in [0.3, 0.4) is 0 Å². The van der Waals surface area contributed by atoms with E-state index in [0.29, 0.717) is 37.7 Å². The summed E-state index contributed by atoms with van der Waals surface area (Å²) < 4.78 is 5.27. The third-order valence-corrected chi connectivity index (χ3v) is 4.08. The van der Waals surface area contributed by atoms with Crippen molar-refractivity contribution in [3.8, 4) is 11.1 Å². The molecule has 1 amide bonds. The largest absolute Gasteiger partial charge is 0.389 e. The number of hydrogen-bond donors (Lipinski definition) is 3. The molecule has 1 fully saturated rings. The number of anilines is 1. The molecule has 0 saturated carbocycles. The molecule has 3 rings (SSSR count). The zero-order valence-electron chi connectivity index (χ0n) is 13.1. The zero-order chi connectivity index (χ0) is 17.1. The third-order valence-electron chi connectivity index (χ3n) is 3.98. The van der Waals surface area contributed by atoms with Crippen LogP contribution in [0.2, 0.25) is 0 Å². The molecule has 1 saturated heterocycles. The van der Waals surface area contributed by atoms with Gasteiger partial charge in [0, 0.05) is 36.0 Å². The second-order valence-electron chi connectivity index (χ2n) is 5.54. The second kappa shape index (κ2) is 6.98. The van der Waals surface area contributed by atoms with E-state index in [9.17, 15) is 4.79 Å². The van der Waals surface area contributed by atoms with Gasteiger partial charge in [0.05, 0.1) is 18.4 Å². The molecule has 1 aromatic heterocycles. The van der Waals surface area contributed by atoms with Crippen LogP contribution in [0.25, 0.3) is 17.2 Å². The fourth-order valence-electron chi connectivity index (χ4n) is 2.72. The van der Waals surface area contributed by atoms with Crippen molar-refractivity contribution in [2.75, 3.05) is 32.0 Å². The van der Waals surface area contributed by atoms with Gasteiger partial charge in [-0.2, -0.15) is 0 Å². The van der Waals surface area contributed by atoms with Crippen LogP contribution in [0.5, 0.6) is 0 Å². The van der Waals surface area contributed by atoms with Crippen LogP contribution < -0.4 is 11.5 Å². The van der Waals surface area contributed by atoms with Crippen LogP contribution in [-0.2, 0) is 4.74 Å². The number of aromatic amines is 1. The molecule has 1 aromatic carbocycles. The number of benzene rings is 1. The number of amides is 1. The number of H-pyrrole nitrogens is 1. The van der Waals surface area contributed by atoms with E-state index < -0.39 is 0 Å². The quantitative estimate of drug-likeness (QED) is 0.742. The molecule has 0 radical (unpaired) electrons. The molecule has 2 aromatic rings. The number of nitrogens with two attached hydrogens (primary N) is 2. The summed E-state index contributed by atoms with van der Waals surface area (Å²) in [6.07, 6.45) is 3.40. The van der Waals surface area contributed by atoms with Crippen molar-refractivity contribution in [3.63, 3.8) is 0 Å². The lowest BCUT2D eigenvalue weighted by Gasteiger charge is -2.26. The number of aromatic nitrogens is 1. The second-order valence-corrected chi connectivity index (χ2v) is 5.98. The van der Waals surface area contributed by atoms with Gasteiger partial charge in [0.25, 0.3) is 5.91 Å². The first-order chi connectivity index (χ1) is 11.6. The van der Waals surface area contributed by atoms with Gasteiger partial charge in [-0.25, -0.2) is 0 Å². The van der Waals surface area contributed by atoms with E-state index in [1.165, 1.54) is 0 Å². The third kappa shape index (κ3) is 3.39. The van der Waals surface area contributed by atoms with Crippen LogP contribution in [0, 0.1) is 0 Å². The lowest BCUT2D eigenvalue weighted by Crippen LogP contribution is -2.40. The molecule has 2 heterocycles. The SMILES string of the molecule is N/C(Cl)=C\c1c(-c2ccc(C(=O)N3CCOCC3)cc2)c[nH]c1N. The molecule has 24 heavy (non-hydrogen) atoms. The molecule has 126 valence electrons. The highest BCUT2D eigenvalue weighted by Crippen LogP contribution is 2.30. The summed E-state index contributed by atoms with van der Waals surface area (Å²) in [6, 6.07) is 7.40. The van der Waals surface area contributed by atoms with Crippen molar-refractivity contribution in [2.45, 2.75) is 0 Å². The molecule has 0 spiro atoms. The standard InChI is InChI=1S/C17H19ClN4O2/c18-15(19)9-13-14(10-21-16(13)20)11-1-3-12(4-2-11)17(23)22-5-7-24-8-6-22/h1-4,9-10,21H,5-8,19-20H2/b15-9-. The topological polar surface area (TPSA) is 97.4 Å². The maximum Gasteiger partial charge on any atom is 0.254 e. The molecule has 0 atom stereocenters. The van der Waals surface area contributed by atoms with Gasteiger partial charge in [-0.1, -0.05) is 23.7 Å². The van der Waals surface area contributed by atoms with Crippen LogP contribution >= 0.6 is 11.6 Å². The van der Waals surface area contributed by atoms with Gasteiger partial charge in [-0.05, 0) is 23.8 Å². The maximum atomic E-state index is 12.5. The molecule has 6 nitrogen and oxygen atoms in total. The van der Waals surface area contributed by atoms with Gasteiger partial charge >= 0.3 is 0 Å². The fourth-order valence-corrected chi connectivity index (χ4v) is 2.83. The minimum absolute atomic E-state index is 0.0172. The minimum atomic E-state index is 0.0172. The van der Waals surface area contributed by atoms with E-state index in [2.05, 4.69) is 4.98 Å². The Hall–Kier alpha value is -2.44. The lowest BCUT2D eigenvalue weighted by molar-refractivity contribution is 0.0303. The van der Waals surface area contributed by atoms with E-state index in [1.54, 1.807) is 17.2 Å². The number of rotatable bonds is 3. The fraction of sp³-hybridized carbons (Fsp3) is 0.235. The number of carbonyl (C=O) groups excluding carboxylic acids is 1. The Labute approximate surface area is 145 Å². The Balaban J connectivity index is 1.85. The average molecular weight is 347 g/mol. The summed E-state index contributed by atoms with van der Waals surface area (Å²) in [5.41, 5.74) is 14.6. The molecule has 0 bridgehead atoms. The van der Waals surface area contributed by atoms with Crippen LogP contribution in [-0.4, -0.2) is 42.1 Å². The van der Waals surface area contributed by atoms with Gasteiger partial charge in [-0.15, -0.1) is 0 Å². The number of ether oxygens (including phenoxy) is 1. The highest BCUT2D eigenvalue weighted by Gasteiger charge is 2.18. The number of nitrogens with zero attached hydrogens (tertiary/aromatic N) is 1. The minimum Gasteiger partial charge on any atom is -0.389 e. The van der Waals surface area contributed by atoms with E-state index in [1.807, 2.05) is 24.3 Å². The number of carbonyl (C=O) groups is 1. The first-order valence-electron chi connectivity index (χ1n) is 7.63. The Morgan fingerprint density at radius 2 is 1.92 bits per heavy atom. The Bertz CT molecular complexity index is 757. The average Bonchev–Trinajstić information content (AvgIpc) is 2.95. The van der Waals surface area contributed by atoms with Gasteiger partial charge in [-0.3, -0.25) is 4.79 Å². The van der Waals surface area contributed by atoms with Crippen molar-refractivity contribution in [2.24, 2.45) is 5.73 Å². The van der Waals surface area contributed by atoms with E-state index in [4.69, 9.17) is 27.8 Å². The first kappa shape index (κ1) is 16.4. The summed E-state index contributed by atoms with van der Waals surface area (Å²) in [5.74, 6) is 0.505. The molecule has 7 heteroatoms. The smallest absolute Gasteiger partial charge is 0.254 e. The number of hydrogen-bond acceptors (Lipinski definition) is 4.